The lowest BCUT2D eigenvalue weighted by Crippen LogP contribution is -2.27. The summed E-state index contributed by atoms with van der Waals surface area (Å²) in [4.78, 5) is 15.4. The van der Waals surface area contributed by atoms with Gasteiger partial charge in [0.2, 0.25) is 11.8 Å². The average molecular weight is 226 g/mol. The van der Waals surface area contributed by atoms with Crippen LogP contribution in [0.3, 0.4) is 0 Å². The van der Waals surface area contributed by atoms with Crippen LogP contribution >= 0.6 is 0 Å². The van der Waals surface area contributed by atoms with Crippen molar-refractivity contribution in [1.29, 1.82) is 0 Å². The number of nitrogens with zero attached hydrogens (tertiary/aromatic N) is 1. The maximum Gasteiger partial charge on any atom is 0.304 e. The lowest BCUT2D eigenvalue weighted by Gasteiger charge is -2.16. The van der Waals surface area contributed by atoms with E-state index in [1.807, 2.05) is 20.8 Å². The Morgan fingerprint density at radius 3 is 2.75 bits per heavy atom. The number of aromatic nitrogens is 1. The molecule has 1 heterocycles. The Balaban J connectivity index is 2.37. The summed E-state index contributed by atoms with van der Waals surface area (Å²) in [5, 5.41) is 2.74. The van der Waals surface area contributed by atoms with E-state index in [0.717, 1.165) is 0 Å². The van der Waals surface area contributed by atoms with Crippen LogP contribution in [0.25, 0.3) is 0 Å². The van der Waals surface area contributed by atoms with Crippen molar-refractivity contribution in [3.8, 4) is 5.95 Å². The third kappa shape index (κ3) is 4.33. The van der Waals surface area contributed by atoms with E-state index in [1.54, 1.807) is 0 Å². The van der Waals surface area contributed by atoms with Gasteiger partial charge >= 0.3 is 5.95 Å². The highest BCUT2D eigenvalue weighted by Gasteiger charge is 2.16. The van der Waals surface area contributed by atoms with Crippen LogP contribution in [0.15, 0.2) is 10.6 Å². The Morgan fingerprint density at radius 2 is 2.25 bits per heavy atom. The molecule has 0 spiro atoms. The first-order chi connectivity index (χ1) is 7.40. The Kier molecular flexibility index (Phi) is 3.93. The summed E-state index contributed by atoms with van der Waals surface area (Å²) in [7, 11) is 1.50. The number of rotatable bonds is 4. The lowest BCUT2D eigenvalue weighted by molar-refractivity contribution is -0.123. The second kappa shape index (κ2) is 5.01. The van der Waals surface area contributed by atoms with Crippen LogP contribution in [-0.2, 0) is 11.3 Å². The lowest BCUT2D eigenvalue weighted by atomic mass is 9.92. The Labute approximate surface area is 95.2 Å². The summed E-state index contributed by atoms with van der Waals surface area (Å²) in [6.45, 7) is 6.33. The van der Waals surface area contributed by atoms with Crippen molar-refractivity contribution in [2.24, 2.45) is 5.41 Å². The fraction of sp³-hybridized carbons (Fsp3) is 0.636. The molecular formula is C11H18N2O3. The van der Waals surface area contributed by atoms with Gasteiger partial charge in [0.25, 0.3) is 0 Å². The zero-order valence-electron chi connectivity index (χ0n) is 10.2. The normalized spacial score (nSPS) is 11.2. The number of ether oxygens (including phenoxy) is 1. The quantitative estimate of drug-likeness (QED) is 0.849. The molecule has 0 aromatic carbocycles. The number of hydrogen-bond acceptors (Lipinski definition) is 4. The second-order valence-corrected chi connectivity index (χ2v) is 4.79. The molecule has 5 nitrogen and oxygen atoms in total. The van der Waals surface area contributed by atoms with Gasteiger partial charge in [0.1, 0.15) is 6.20 Å². The van der Waals surface area contributed by atoms with Crippen LogP contribution < -0.4 is 10.1 Å². The zero-order chi connectivity index (χ0) is 12.2. The van der Waals surface area contributed by atoms with Gasteiger partial charge in [-0.25, -0.2) is 4.98 Å². The summed E-state index contributed by atoms with van der Waals surface area (Å²) < 4.78 is 10.0. The molecule has 1 aromatic rings. The van der Waals surface area contributed by atoms with Gasteiger partial charge in [-0.2, -0.15) is 0 Å². The minimum Gasteiger partial charge on any atom is -0.467 e. The van der Waals surface area contributed by atoms with Gasteiger partial charge in [-0.3, -0.25) is 4.79 Å². The number of hydrogen-bond donors (Lipinski definition) is 1. The van der Waals surface area contributed by atoms with E-state index < -0.39 is 0 Å². The molecule has 0 aliphatic heterocycles. The molecule has 0 aliphatic rings. The fourth-order valence-electron chi connectivity index (χ4n) is 1.19. The van der Waals surface area contributed by atoms with E-state index in [0.29, 0.717) is 18.3 Å². The topological polar surface area (TPSA) is 64.4 Å². The molecule has 1 aromatic heterocycles. The summed E-state index contributed by atoms with van der Waals surface area (Å²) in [5.74, 6) is 0.781. The van der Waals surface area contributed by atoms with Crippen LogP contribution in [0.2, 0.25) is 0 Å². The number of methoxy groups -OCH3 is 1. The zero-order valence-corrected chi connectivity index (χ0v) is 10.2. The van der Waals surface area contributed by atoms with Gasteiger partial charge in [0.05, 0.1) is 13.7 Å². The molecule has 0 unspecified atom stereocenters. The molecule has 0 atom stereocenters. The maximum atomic E-state index is 11.5. The van der Waals surface area contributed by atoms with Crippen molar-refractivity contribution in [2.75, 3.05) is 7.11 Å². The molecule has 1 amide bonds. The van der Waals surface area contributed by atoms with Gasteiger partial charge in [0.15, 0.2) is 0 Å². The molecule has 90 valence electrons. The molecule has 0 aliphatic carbocycles. The molecule has 0 bridgehead atoms. The molecule has 0 saturated heterocycles. The van der Waals surface area contributed by atoms with Crippen molar-refractivity contribution < 1.29 is 13.9 Å². The molecule has 16 heavy (non-hydrogen) atoms. The van der Waals surface area contributed by atoms with Crippen molar-refractivity contribution in [1.82, 2.24) is 10.3 Å². The minimum atomic E-state index is -0.0155. The number of carbonyl (C=O) groups excluding carboxylic acids is 1. The van der Waals surface area contributed by atoms with Crippen LogP contribution in [-0.4, -0.2) is 18.0 Å². The first kappa shape index (κ1) is 12.5. The standard InChI is InChI=1S/C11H18N2O3/c1-11(2,3)5-8(14)12-6-9-13-7-10(15-4)16-9/h7H,5-6H2,1-4H3,(H,12,14). The summed E-state index contributed by atoms with van der Waals surface area (Å²) in [6.07, 6.45) is 1.95. The Hall–Kier alpha value is -1.52. The number of nitrogens with one attached hydrogen (secondary N) is 1. The highest BCUT2D eigenvalue weighted by molar-refractivity contribution is 5.76. The number of amides is 1. The van der Waals surface area contributed by atoms with Crippen LogP contribution in [0.4, 0.5) is 0 Å². The predicted octanol–water partition coefficient (Wildman–Crippen LogP) is 1.74. The summed E-state index contributed by atoms with van der Waals surface area (Å²) in [5.41, 5.74) is -0.0155. The van der Waals surface area contributed by atoms with Crippen LogP contribution in [0.5, 0.6) is 5.95 Å². The molecule has 0 saturated carbocycles. The smallest absolute Gasteiger partial charge is 0.304 e. The van der Waals surface area contributed by atoms with Gasteiger partial charge in [-0.15, -0.1) is 0 Å². The van der Waals surface area contributed by atoms with Crippen molar-refractivity contribution in [3.05, 3.63) is 12.1 Å². The predicted molar refractivity (Wildman–Crippen MR) is 59.0 cm³/mol. The summed E-state index contributed by atoms with van der Waals surface area (Å²) >= 11 is 0. The van der Waals surface area contributed by atoms with Gasteiger partial charge in [-0.1, -0.05) is 20.8 Å². The Bertz CT molecular complexity index is 352. The van der Waals surface area contributed by atoms with E-state index in [1.165, 1.54) is 13.3 Å². The van der Waals surface area contributed by atoms with Crippen LogP contribution in [0, 0.1) is 5.41 Å². The molecular weight excluding hydrogens is 208 g/mol. The third-order valence-corrected chi connectivity index (χ3v) is 1.86. The molecule has 5 heteroatoms. The molecule has 0 radical (unpaired) electrons. The second-order valence-electron chi connectivity index (χ2n) is 4.79. The van der Waals surface area contributed by atoms with Crippen molar-refractivity contribution >= 4 is 5.91 Å². The van der Waals surface area contributed by atoms with Gasteiger partial charge < -0.3 is 14.5 Å². The van der Waals surface area contributed by atoms with Gasteiger partial charge in [0, 0.05) is 6.42 Å². The van der Waals surface area contributed by atoms with E-state index in [2.05, 4.69) is 10.3 Å². The SMILES string of the molecule is COc1cnc(CNC(=O)CC(C)(C)C)o1. The Morgan fingerprint density at radius 1 is 1.56 bits per heavy atom. The van der Waals surface area contributed by atoms with E-state index in [-0.39, 0.29) is 17.9 Å². The van der Waals surface area contributed by atoms with Crippen LogP contribution in [0.1, 0.15) is 33.1 Å². The van der Waals surface area contributed by atoms with E-state index in [9.17, 15) is 4.79 Å². The molecule has 1 rings (SSSR count). The summed E-state index contributed by atoms with van der Waals surface area (Å²) in [6, 6.07) is 0. The monoisotopic (exact) mass is 226 g/mol. The maximum absolute atomic E-state index is 11.5. The minimum absolute atomic E-state index is 0.00957. The van der Waals surface area contributed by atoms with E-state index in [4.69, 9.17) is 9.15 Å². The van der Waals surface area contributed by atoms with Crippen molar-refractivity contribution in [2.45, 2.75) is 33.7 Å². The highest BCUT2D eigenvalue weighted by atomic mass is 16.6. The highest BCUT2D eigenvalue weighted by Crippen LogP contribution is 2.18. The largest absolute Gasteiger partial charge is 0.467 e. The fourth-order valence-corrected chi connectivity index (χ4v) is 1.19. The van der Waals surface area contributed by atoms with Gasteiger partial charge in [-0.05, 0) is 5.41 Å². The molecule has 1 N–H and O–H groups in total. The first-order valence-electron chi connectivity index (χ1n) is 5.16. The average Bonchev–Trinajstić information content (AvgIpc) is 2.59. The molecule has 0 fully saturated rings. The van der Waals surface area contributed by atoms with Crippen molar-refractivity contribution in [3.63, 3.8) is 0 Å². The number of carbonyl (C=O) groups is 1. The third-order valence-electron chi connectivity index (χ3n) is 1.86. The van der Waals surface area contributed by atoms with E-state index >= 15 is 0 Å². The number of oxazole rings is 1. The first-order valence-corrected chi connectivity index (χ1v) is 5.16.